The molecule has 1 aromatic heterocycles. The minimum atomic E-state index is 0.0398. The lowest BCUT2D eigenvalue weighted by Gasteiger charge is -2.32. The molecule has 0 saturated carbocycles. The molecule has 5 nitrogen and oxygen atoms in total. The molecule has 2 fully saturated rings. The van der Waals surface area contributed by atoms with Gasteiger partial charge in [-0.15, -0.1) is 0 Å². The molecule has 1 aromatic rings. The number of piperidine rings is 1. The molecule has 2 aliphatic rings. The maximum atomic E-state index is 5.95. The van der Waals surface area contributed by atoms with Gasteiger partial charge in [0.25, 0.3) is 0 Å². The van der Waals surface area contributed by atoms with Crippen LogP contribution in [0, 0.1) is 0 Å². The molecule has 92 valence electrons. The fraction of sp³-hybridized carbons (Fsp3) is 0.667. The molecular formula is C12H17N3O2. The van der Waals surface area contributed by atoms with E-state index in [9.17, 15) is 0 Å². The highest BCUT2D eigenvalue weighted by atomic mass is 16.6. The zero-order valence-corrected chi connectivity index (χ0v) is 9.76. The smallest absolute Gasteiger partial charge is 0.232 e. The number of nitrogens with zero attached hydrogens (tertiary/aromatic N) is 2. The van der Waals surface area contributed by atoms with Crippen LogP contribution < -0.4 is 10.1 Å². The largest absolute Gasteiger partial charge is 0.471 e. The average molecular weight is 235 g/mol. The van der Waals surface area contributed by atoms with E-state index in [0.717, 1.165) is 32.4 Å². The van der Waals surface area contributed by atoms with Crippen LogP contribution in [0.1, 0.15) is 19.3 Å². The van der Waals surface area contributed by atoms with Gasteiger partial charge >= 0.3 is 0 Å². The first-order chi connectivity index (χ1) is 8.36. The Kier molecular flexibility index (Phi) is 2.94. The molecule has 3 heterocycles. The van der Waals surface area contributed by atoms with E-state index in [1.807, 2.05) is 0 Å². The second-order valence-electron chi connectivity index (χ2n) is 4.73. The van der Waals surface area contributed by atoms with E-state index in [-0.39, 0.29) is 11.7 Å². The number of hydrogen-bond acceptors (Lipinski definition) is 5. The van der Waals surface area contributed by atoms with Crippen molar-refractivity contribution in [1.29, 1.82) is 0 Å². The second-order valence-corrected chi connectivity index (χ2v) is 4.73. The molecule has 2 saturated heterocycles. The molecule has 3 rings (SSSR count). The second kappa shape index (κ2) is 4.58. The van der Waals surface area contributed by atoms with Crippen LogP contribution in [0.25, 0.3) is 0 Å². The summed E-state index contributed by atoms with van der Waals surface area (Å²) in [7, 11) is 0. The molecule has 0 radical (unpaired) electrons. The van der Waals surface area contributed by atoms with Gasteiger partial charge in [-0.1, -0.05) is 0 Å². The summed E-state index contributed by atoms with van der Waals surface area (Å²) < 4.78 is 11.7. The van der Waals surface area contributed by atoms with Crippen molar-refractivity contribution in [2.45, 2.75) is 31.0 Å². The number of hydrogen-bond donors (Lipinski definition) is 1. The van der Waals surface area contributed by atoms with Gasteiger partial charge < -0.3 is 14.8 Å². The summed E-state index contributed by atoms with van der Waals surface area (Å²) >= 11 is 0. The lowest BCUT2D eigenvalue weighted by atomic mass is 9.89. The average Bonchev–Trinajstić information content (AvgIpc) is 2.74. The SMILES string of the molecule is c1cnc(OC2COC3(CCNCC3)C2)cn1. The first-order valence-electron chi connectivity index (χ1n) is 6.14. The lowest BCUT2D eigenvalue weighted by Crippen LogP contribution is -2.41. The molecule has 17 heavy (non-hydrogen) atoms. The van der Waals surface area contributed by atoms with Crippen molar-refractivity contribution in [2.24, 2.45) is 0 Å². The Labute approximate surface area is 101 Å². The normalized spacial score (nSPS) is 27.2. The lowest BCUT2D eigenvalue weighted by molar-refractivity contribution is -0.0205. The minimum absolute atomic E-state index is 0.0398. The standard InChI is InChI=1S/C12H17N3O2/c1-3-13-4-2-12(1)7-10(9-16-12)17-11-8-14-5-6-15-11/h5-6,8,10,13H,1-4,7,9H2. The first kappa shape index (κ1) is 10.9. The van der Waals surface area contributed by atoms with Gasteiger partial charge in [0.05, 0.1) is 18.4 Å². The van der Waals surface area contributed by atoms with Crippen molar-refractivity contribution < 1.29 is 9.47 Å². The Balaban J connectivity index is 1.60. The number of rotatable bonds is 2. The molecule has 0 amide bonds. The van der Waals surface area contributed by atoms with E-state index in [4.69, 9.17) is 9.47 Å². The number of nitrogens with one attached hydrogen (secondary N) is 1. The maximum absolute atomic E-state index is 5.95. The molecule has 1 unspecified atom stereocenters. The summed E-state index contributed by atoms with van der Waals surface area (Å²) in [5, 5.41) is 3.36. The van der Waals surface area contributed by atoms with Crippen LogP contribution >= 0.6 is 0 Å². The Hall–Kier alpha value is -1.20. The van der Waals surface area contributed by atoms with Gasteiger partial charge in [0.2, 0.25) is 5.88 Å². The van der Waals surface area contributed by atoms with Crippen LogP contribution in [-0.4, -0.2) is 41.4 Å². The van der Waals surface area contributed by atoms with Gasteiger partial charge in [-0.3, -0.25) is 4.98 Å². The van der Waals surface area contributed by atoms with Crippen LogP contribution in [0.5, 0.6) is 5.88 Å². The quantitative estimate of drug-likeness (QED) is 0.820. The Morgan fingerprint density at radius 1 is 1.35 bits per heavy atom. The topological polar surface area (TPSA) is 56.3 Å². The molecule has 1 atom stereocenters. The fourth-order valence-electron chi connectivity index (χ4n) is 2.63. The molecule has 2 aliphatic heterocycles. The molecule has 0 bridgehead atoms. The van der Waals surface area contributed by atoms with Gasteiger partial charge in [0.1, 0.15) is 6.10 Å². The summed E-state index contributed by atoms with van der Waals surface area (Å²) in [6.45, 7) is 2.74. The summed E-state index contributed by atoms with van der Waals surface area (Å²) in [5.74, 6) is 0.590. The minimum Gasteiger partial charge on any atom is -0.471 e. The van der Waals surface area contributed by atoms with Crippen molar-refractivity contribution >= 4 is 0 Å². The highest BCUT2D eigenvalue weighted by molar-refractivity contribution is 5.04. The summed E-state index contributed by atoms with van der Waals surface area (Å²) in [4.78, 5) is 8.12. The Bertz CT molecular complexity index is 365. The summed E-state index contributed by atoms with van der Waals surface area (Å²) in [6, 6.07) is 0. The molecular weight excluding hydrogens is 218 g/mol. The van der Waals surface area contributed by atoms with Crippen LogP contribution in [-0.2, 0) is 4.74 Å². The van der Waals surface area contributed by atoms with Crippen molar-refractivity contribution in [2.75, 3.05) is 19.7 Å². The van der Waals surface area contributed by atoms with Gasteiger partial charge in [0, 0.05) is 18.8 Å². The Morgan fingerprint density at radius 2 is 2.24 bits per heavy atom. The molecule has 1 spiro atoms. The van der Waals surface area contributed by atoms with Crippen molar-refractivity contribution in [3.05, 3.63) is 18.6 Å². The number of aromatic nitrogens is 2. The van der Waals surface area contributed by atoms with E-state index >= 15 is 0 Å². The summed E-state index contributed by atoms with van der Waals surface area (Å²) in [6.07, 6.45) is 8.17. The van der Waals surface area contributed by atoms with E-state index < -0.39 is 0 Å². The molecule has 5 heteroatoms. The number of ether oxygens (including phenoxy) is 2. The van der Waals surface area contributed by atoms with E-state index in [1.54, 1.807) is 18.6 Å². The van der Waals surface area contributed by atoms with Gasteiger partial charge in [-0.25, -0.2) is 4.98 Å². The van der Waals surface area contributed by atoms with Gasteiger partial charge in [-0.2, -0.15) is 0 Å². The van der Waals surface area contributed by atoms with Crippen LogP contribution in [0.2, 0.25) is 0 Å². The summed E-state index contributed by atoms with van der Waals surface area (Å²) in [5.41, 5.74) is 0.0398. The highest BCUT2D eigenvalue weighted by Crippen LogP contribution is 2.35. The Morgan fingerprint density at radius 3 is 3.00 bits per heavy atom. The van der Waals surface area contributed by atoms with Crippen LogP contribution in [0.3, 0.4) is 0 Å². The highest BCUT2D eigenvalue weighted by Gasteiger charge is 2.42. The monoisotopic (exact) mass is 235 g/mol. The van der Waals surface area contributed by atoms with E-state index in [2.05, 4.69) is 15.3 Å². The van der Waals surface area contributed by atoms with Gasteiger partial charge in [-0.05, 0) is 25.9 Å². The molecule has 0 aromatic carbocycles. The predicted molar refractivity (Wildman–Crippen MR) is 61.9 cm³/mol. The third kappa shape index (κ3) is 2.40. The van der Waals surface area contributed by atoms with Gasteiger partial charge in [0.15, 0.2) is 0 Å². The fourth-order valence-corrected chi connectivity index (χ4v) is 2.63. The molecule has 0 aliphatic carbocycles. The van der Waals surface area contributed by atoms with E-state index in [0.29, 0.717) is 12.5 Å². The third-order valence-corrected chi connectivity index (χ3v) is 3.52. The van der Waals surface area contributed by atoms with Crippen LogP contribution in [0.4, 0.5) is 0 Å². The maximum Gasteiger partial charge on any atom is 0.232 e. The third-order valence-electron chi connectivity index (χ3n) is 3.52. The molecule has 1 N–H and O–H groups in total. The van der Waals surface area contributed by atoms with Crippen molar-refractivity contribution in [3.8, 4) is 5.88 Å². The van der Waals surface area contributed by atoms with Crippen molar-refractivity contribution in [3.63, 3.8) is 0 Å². The zero-order valence-electron chi connectivity index (χ0n) is 9.76. The van der Waals surface area contributed by atoms with Crippen molar-refractivity contribution in [1.82, 2.24) is 15.3 Å². The predicted octanol–water partition coefficient (Wildman–Crippen LogP) is 0.766. The first-order valence-corrected chi connectivity index (χ1v) is 6.14. The van der Waals surface area contributed by atoms with Crippen LogP contribution in [0.15, 0.2) is 18.6 Å². The zero-order chi connectivity index (χ0) is 11.6. The van der Waals surface area contributed by atoms with E-state index in [1.165, 1.54) is 0 Å².